The molecule has 1 unspecified atom stereocenters. The minimum Gasteiger partial charge on any atom is -0.435 e. The van der Waals surface area contributed by atoms with Gasteiger partial charge in [-0.1, -0.05) is 62.2 Å². The molecule has 0 spiro atoms. The van der Waals surface area contributed by atoms with Crippen molar-refractivity contribution >= 4 is 55.3 Å². The lowest BCUT2D eigenvalue weighted by Gasteiger charge is -2.27. The number of nitrogens with zero attached hydrogens (tertiary/aromatic N) is 2. The molecule has 1 heterocycles. The summed E-state index contributed by atoms with van der Waals surface area (Å²) >= 11 is 6.69. The van der Waals surface area contributed by atoms with Crippen molar-refractivity contribution < 1.29 is 41.4 Å². The minimum atomic E-state index is -2.92. The predicted octanol–water partition coefficient (Wildman–Crippen LogP) is 8.95. The zero-order valence-corrected chi connectivity index (χ0v) is 30.7. The van der Waals surface area contributed by atoms with E-state index in [-0.39, 0.29) is 46.3 Å². The van der Waals surface area contributed by atoms with Crippen LogP contribution in [0.5, 0.6) is 11.5 Å². The van der Waals surface area contributed by atoms with E-state index >= 15 is 0 Å². The number of hydrogen-bond donors (Lipinski definition) is 1. The second kappa shape index (κ2) is 15.2. The first-order valence-corrected chi connectivity index (χ1v) is 17.8. The highest BCUT2D eigenvalue weighted by Crippen LogP contribution is 2.48. The molecule has 0 saturated heterocycles. The van der Waals surface area contributed by atoms with E-state index in [1.165, 1.54) is 29.2 Å². The van der Waals surface area contributed by atoms with E-state index in [1.54, 1.807) is 49.5 Å². The van der Waals surface area contributed by atoms with Crippen LogP contribution in [0.3, 0.4) is 0 Å². The van der Waals surface area contributed by atoms with Crippen LogP contribution in [0.15, 0.2) is 98.9 Å². The van der Waals surface area contributed by atoms with Crippen molar-refractivity contribution in [1.29, 1.82) is 0 Å². The number of rotatable bonds is 11. The molecule has 8 nitrogen and oxygen atoms in total. The number of hydrogen-bond acceptors (Lipinski definition) is 7. The van der Waals surface area contributed by atoms with Gasteiger partial charge in [-0.15, -0.1) is 0 Å². The number of nitrogens with two attached hydrogens (primary N) is 1. The smallest absolute Gasteiger partial charge is 0.387 e. The number of amides is 1. The molecule has 2 N–H and O–H groups in total. The van der Waals surface area contributed by atoms with Crippen LogP contribution >= 0.6 is 31.9 Å². The standard InChI is InChI=1S/C20H18BrF2N3O2.C18H13BrF2O3/c1-26-17(27)20(25-19(26)24,12-3-2-4-14(21)9-12)13-7-8-16(28-18(22)23)15(10-13)11-5-6-11;19-13-3-1-2-11(8-13)16(22)17(23)12-6-7-15(24-18(20)21)14(9-12)10-4-5-10/h2-4,7-11,18H,5-6H2,1H3,(H2,24,25);1-3,6-10,18H,4-5H2. The first-order valence-electron chi connectivity index (χ1n) is 16.2. The molecule has 1 aliphatic heterocycles. The van der Waals surface area contributed by atoms with Gasteiger partial charge >= 0.3 is 13.2 Å². The van der Waals surface area contributed by atoms with Crippen molar-refractivity contribution in [3.8, 4) is 11.5 Å². The maximum Gasteiger partial charge on any atom is 0.387 e. The van der Waals surface area contributed by atoms with Crippen LogP contribution in [0, 0.1) is 0 Å². The molecular weight excluding hydrogens is 814 g/mol. The van der Waals surface area contributed by atoms with Gasteiger partial charge in [-0.3, -0.25) is 19.3 Å². The van der Waals surface area contributed by atoms with E-state index in [4.69, 9.17) is 10.5 Å². The van der Waals surface area contributed by atoms with Crippen LogP contribution in [0.25, 0.3) is 0 Å². The molecule has 2 saturated carbocycles. The number of likely N-dealkylation sites (N-methyl/N-ethyl adjacent to an activating group) is 1. The molecule has 4 aromatic carbocycles. The van der Waals surface area contributed by atoms with Crippen molar-refractivity contribution in [3.63, 3.8) is 0 Å². The Morgan fingerprint density at radius 3 is 1.75 bits per heavy atom. The average Bonchev–Trinajstić information content (AvgIpc) is 4.04. The molecule has 14 heteroatoms. The van der Waals surface area contributed by atoms with Crippen molar-refractivity contribution in [2.75, 3.05) is 7.05 Å². The van der Waals surface area contributed by atoms with E-state index < -0.39 is 30.3 Å². The second-order valence-corrected chi connectivity index (χ2v) is 14.4. The summed E-state index contributed by atoms with van der Waals surface area (Å²) in [6.45, 7) is -5.83. The van der Waals surface area contributed by atoms with Crippen LogP contribution < -0.4 is 15.2 Å². The number of Topliss-reactive ketones (excluding diaryl/α,β-unsaturated/α-hetero) is 2. The lowest BCUT2D eigenvalue weighted by molar-refractivity contribution is -0.129. The molecule has 3 aliphatic rings. The fourth-order valence-electron chi connectivity index (χ4n) is 6.09. The quantitative estimate of drug-likeness (QED) is 0.0918. The van der Waals surface area contributed by atoms with Crippen molar-refractivity contribution in [2.45, 2.75) is 56.3 Å². The Kier molecular flexibility index (Phi) is 10.9. The highest BCUT2D eigenvalue weighted by molar-refractivity contribution is 9.10. The normalized spacial score (nSPS) is 18.2. The third-order valence-electron chi connectivity index (χ3n) is 8.94. The summed E-state index contributed by atoms with van der Waals surface area (Å²) in [7, 11) is 1.57. The van der Waals surface area contributed by atoms with E-state index in [9.17, 15) is 31.9 Å². The SMILES string of the molecule is CN1C(=O)C(c2cccc(Br)c2)(c2ccc(OC(F)F)c(C3CC3)c2)N=C1N.O=C(C(=O)c1ccc(OC(F)F)c(C2CC2)c1)c1cccc(Br)c1. The monoisotopic (exact) mass is 843 g/mol. The summed E-state index contributed by atoms with van der Waals surface area (Å²) < 4.78 is 61.3. The predicted molar refractivity (Wildman–Crippen MR) is 192 cm³/mol. The number of guanidine groups is 1. The third-order valence-corrected chi connectivity index (χ3v) is 9.93. The van der Waals surface area contributed by atoms with Gasteiger partial charge in [0.2, 0.25) is 11.6 Å². The van der Waals surface area contributed by atoms with Crippen molar-refractivity contribution in [3.05, 3.63) is 127 Å². The molecule has 2 fully saturated rings. The number of halogens is 6. The second-order valence-electron chi connectivity index (χ2n) is 12.5. The average molecular weight is 845 g/mol. The molecule has 1 atom stereocenters. The topological polar surface area (TPSA) is 111 Å². The van der Waals surface area contributed by atoms with Gasteiger partial charge in [0.25, 0.3) is 5.91 Å². The van der Waals surface area contributed by atoms with E-state index in [1.807, 2.05) is 18.2 Å². The Balaban J connectivity index is 0.000000181. The Morgan fingerprint density at radius 1 is 0.750 bits per heavy atom. The molecule has 0 radical (unpaired) electrons. The Hall–Kier alpha value is -4.56. The number of ether oxygens (including phenoxy) is 2. The third kappa shape index (κ3) is 7.92. The van der Waals surface area contributed by atoms with Gasteiger partial charge in [0.15, 0.2) is 11.5 Å². The number of benzene rings is 4. The highest BCUT2D eigenvalue weighted by atomic mass is 79.9. The van der Waals surface area contributed by atoms with Gasteiger partial charge in [0.1, 0.15) is 11.5 Å². The van der Waals surface area contributed by atoms with Gasteiger partial charge in [0, 0.05) is 27.1 Å². The van der Waals surface area contributed by atoms with Crippen LogP contribution in [0.1, 0.15) is 80.5 Å². The first kappa shape index (κ1) is 37.2. The molecule has 52 heavy (non-hydrogen) atoms. The number of carbonyl (C=O) groups is 3. The van der Waals surface area contributed by atoms with Gasteiger partial charge in [-0.05, 0) is 114 Å². The van der Waals surface area contributed by atoms with Crippen molar-refractivity contribution in [2.24, 2.45) is 10.7 Å². The molecule has 270 valence electrons. The zero-order valence-electron chi connectivity index (χ0n) is 27.5. The van der Waals surface area contributed by atoms with Crippen LogP contribution in [0.2, 0.25) is 0 Å². The van der Waals surface area contributed by atoms with E-state index in [0.717, 1.165) is 30.2 Å². The van der Waals surface area contributed by atoms with Gasteiger partial charge in [0.05, 0.1) is 0 Å². The van der Waals surface area contributed by atoms with Gasteiger partial charge < -0.3 is 15.2 Å². The van der Waals surface area contributed by atoms with Crippen LogP contribution in [-0.4, -0.2) is 48.6 Å². The molecule has 1 amide bonds. The molecule has 4 aromatic rings. The summed E-state index contributed by atoms with van der Waals surface area (Å²) in [4.78, 5) is 43.9. The number of aliphatic imine (C=N–C) groups is 1. The molecule has 0 bridgehead atoms. The molecule has 0 aromatic heterocycles. The van der Waals surface area contributed by atoms with Gasteiger partial charge in [-0.25, -0.2) is 4.99 Å². The minimum absolute atomic E-state index is 0.0685. The largest absolute Gasteiger partial charge is 0.435 e. The number of carbonyl (C=O) groups excluding carboxylic acids is 3. The van der Waals surface area contributed by atoms with Crippen LogP contribution in [-0.2, 0) is 10.3 Å². The lowest BCUT2D eigenvalue weighted by atomic mass is 9.81. The summed E-state index contributed by atoms with van der Waals surface area (Å²) in [5.41, 5.74) is 7.52. The van der Waals surface area contributed by atoms with Crippen LogP contribution in [0.4, 0.5) is 17.6 Å². The Morgan fingerprint density at radius 2 is 1.25 bits per heavy atom. The summed E-state index contributed by atoms with van der Waals surface area (Å²) in [6, 6.07) is 22.9. The molecule has 7 rings (SSSR count). The maximum atomic E-state index is 13.3. The highest BCUT2D eigenvalue weighted by Gasteiger charge is 2.50. The van der Waals surface area contributed by atoms with E-state index in [0.29, 0.717) is 26.7 Å². The Labute approximate surface area is 313 Å². The zero-order chi connectivity index (χ0) is 37.3. The number of ketones is 2. The fourth-order valence-corrected chi connectivity index (χ4v) is 6.88. The molecular formula is C38H31Br2F4N3O5. The van der Waals surface area contributed by atoms with Crippen molar-refractivity contribution in [1.82, 2.24) is 4.90 Å². The summed E-state index contributed by atoms with van der Waals surface area (Å²) in [5.74, 6) is -1.05. The fraction of sp³-hybridized carbons (Fsp3) is 0.263. The lowest BCUT2D eigenvalue weighted by Crippen LogP contribution is -2.41. The van der Waals surface area contributed by atoms with E-state index in [2.05, 4.69) is 41.6 Å². The van der Waals surface area contributed by atoms with Gasteiger partial charge in [-0.2, -0.15) is 17.6 Å². The summed E-state index contributed by atoms with van der Waals surface area (Å²) in [6.07, 6.45) is 3.51. The summed E-state index contributed by atoms with van der Waals surface area (Å²) in [5, 5.41) is 0. The maximum absolute atomic E-state index is 13.3. The Bertz CT molecular complexity index is 2070. The molecule has 2 aliphatic carbocycles. The first-order chi connectivity index (χ1) is 24.8. The number of alkyl halides is 4.